The zero-order valence-corrected chi connectivity index (χ0v) is 13.1. The highest BCUT2D eigenvalue weighted by Crippen LogP contribution is 2.41. The van der Waals surface area contributed by atoms with Crippen molar-refractivity contribution >= 4 is 5.95 Å². The van der Waals surface area contributed by atoms with Gasteiger partial charge in [0.2, 0.25) is 5.95 Å². The van der Waals surface area contributed by atoms with Gasteiger partial charge in [0.05, 0.1) is 0 Å². The molecule has 2 aliphatic heterocycles. The molecule has 4 heteroatoms. The second-order valence-corrected chi connectivity index (χ2v) is 6.99. The van der Waals surface area contributed by atoms with Crippen LogP contribution < -0.4 is 4.90 Å². The van der Waals surface area contributed by atoms with Gasteiger partial charge in [0, 0.05) is 50.0 Å². The lowest BCUT2D eigenvalue weighted by Crippen LogP contribution is -2.73. The fourth-order valence-electron chi connectivity index (χ4n) is 3.28. The Balaban J connectivity index is 1.54. The molecule has 3 rings (SSSR count). The summed E-state index contributed by atoms with van der Waals surface area (Å²) >= 11 is 0. The summed E-state index contributed by atoms with van der Waals surface area (Å²) in [4.78, 5) is 13.9. The Morgan fingerprint density at radius 2 is 1.70 bits per heavy atom. The molecule has 20 heavy (non-hydrogen) atoms. The van der Waals surface area contributed by atoms with Crippen LogP contribution in [-0.2, 0) is 0 Å². The topological polar surface area (TPSA) is 32.3 Å². The van der Waals surface area contributed by atoms with E-state index in [1.165, 1.54) is 25.1 Å². The van der Waals surface area contributed by atoms with Gasteiger partial charge in [0.1, 0.15) is 0 Å². The van der Waals surface area contributed by atoms with Crippen LogP contribution >= 0.6 is 0 Å². The van der Waals surface area contributed by atoms with E-state index < -0.39 is 0 Å². The SMILES string of the molecule is CCC(C)N1CC2(CN(c3ncc(C(C)C)cn3)C2)C1. The van der Waals surface area contributed by atoms with E-state index in [0.717, 1.165) is 25.1 Å². The molecular formula is C16H26N4. The molecule has 2 aliphatic rings. The maximum absolute atomic E-state index is 4.52. The van der Waals surface area contributed by atoms with Gasteiger partial charge in [-0.15, -0.1) is 0 Å². The first-order valence-corrected chi connectivity index (χ1v) is 7.84. The highest BCUT2D eigenvalue weighted by molar-refractivity contribution is 5.38. The third kappa shape index (κ3) is 2.30. The van der Waals surface area contributed by atoms with E-state index in [2.05, 4.69) is 47.5 Å². The molecule has 2 saturated heterocycles. The van der Waals surface area contributed by atoms with Gasteiger partial charge in [0.25, 0.3) is 0 Å². The molecule has 1 aromatic rings. The predicted octanol–water partition coefficient (Wildman–Crippen LogP) is 2.52. The van der Waals surface area contributed by atoms with Gasteiger partial charge in [-0.05, 0) is 24.8 Å². The fraction of sp³-hybridized carbons (Fsp3) is 0.750. The number of hydrogen-bond donors (Lipinski definition) is 0. The molecule has 0 aromatic carbocycles. The average molecular weight is 274 g/mol. The van der Waals surface area contributed by atoms with Crippen molar-refractivity contribution in [3.05, 3.63) is 18.0 Å². The molecule has 1 atom stereocenters. The second kappa shape index (κ2) is 4.99. The zero-order valence-electron chi connectivity index (χ0n) is 13.1. The van der Waals surface area contributed by atoms with Crippen LogP contribution in [0.1, 0.15) is 45.6 Å². The number of hydrogen-bond acceptors (Lipinski definition) is 4. The smallest absolute Gasteiger partial charge is 0.225 e. The van der Waals surface area contributed by atoms with Crippen molar-refractivity contribution in [2.24, 2.45) is 5.41 Å². The lowest BCUT2D eigenvalue weighted by molar-refractivity contribution is -0.0468. The summed E-state index contributed by atoms with van der Waals surface area (Å²) in [7, 11) is 0. The Morgan fingerprint density at radius 3 is 2.20 bits per heavy atom. The van der Waals surface area contributed by atoms with Crippen molar-refractivity contribution in [1.29, 1.82) is 0 Å². The standard InChI is InChI=1S/C16H26N4/c1-5-13(4)19-8-16(9-19)10-20(11-16)15-17-6-14(7-18-15)12(2)3/h6-7,12-13H,5,8-11H2,1-4H3. The molecule has 1 spiro atoms. The van der Waals surface area contributed by atoms with E-state index in [1.807, 2.05) is 12.4 Å². The van der Waals surface area contributed by atoms with Gasteiger partial charge in [-0.1, -0.05) is 20.8 Å². The number of nitrogens with zero attached hydrogens (tertiary/aromatic N) is 4. The van der Waals surface area contributed by atoms with Crippen LogP contribution in [-0.4, -0.2) is 47.1 Å². The molecule has 0 radical (unpaired) electrons. The summed E-state index contributed by atoms with van der Waals surface area (Å²) in [6.07, 6.45) is 5.20. The Morgan fingerprint density at radius 1 is 1.10 bits per heavy atom. The fourth-order valence-corrected chi connectivity index (χ4v) is 3.28. The summed E-state index contributed by atoms with van der Waals surface area (Å²) in [6.45, 7) is 13.7. The van der Waals surface area contributed by atoms with Crippen molar-refractivity contribution < 1.29 is 0 Å². The number of anilines is 1. The summed E-state index contributed by atoms with van der Waals surface area (Å²) in [5, 5.41) is 0. The van der Waals surface area contributed by atoms with Crippen LogP contribution in [0.4, 0.5) is 5.95 Å². The van der Waals surface area contributed by atoms with Crippen molar-refractivity contribution in [3.8, 4) is 0 Å². The molecule has 0 amide bonds. The third-order valence-electron chi connectivity index (χ3n) is 4.95. The molecule has 110 valence electrons. The van der Waals surface area contributed by atoms with E-state index in [0.29, 0.717) is 11.3 Å². The van der Waals surface area contributed by atoms with Crippen molar-refractivity contribution in [3.63, 3.8) is 0 Å². The predicted molar refractivity (Wildman–Crippen MR) is 82.1 cm³/mol. The minimum atomic E-state index is 0.502. The Labute approximate surface area is 122 Å². The van der Waals surface area contributed by atoms with Crippen LogP contribution in [0.25, 0.3) is 0 Å². The van der Waals surface area contributed by atoms with Crippen LogP contribution in [0, 0.1) is 5.41 Å². The first-order chi connectivity index (χ1) is 9.53. The molecule has 1 unspecified atom stereocenters. The van der Waals surface area contributed by atoms with Gasteiger partial charge in [-0.3, -0.25) is 4.90 Å². The second-order valence-electron chi connectivity index (χ2n) is 6.99. The number of likely N-dealkylation sites (tertiary alicyclic amines) is 1. The molecule has 0 N–H and O–H groups in total. The van der Waals surface area contributed by atoms with Gasteiger partial charge in [-0.25, -0.2) is 9.97 Å². The Hall–Kier alpha value is -1.16. The van der Waals surface area contributed by atoms with Crippen LogP contribution in [0.3, 0.4) is 0 Å². The van der Waals surface area contributed by atoms with Gasteiger partial charge in [0.15, 0.2) is 0 Å². The maximum atomic E-state index is 4.52. The molecule has 0 bridgehead atoms. The zero-order chi connectivity index (χ0) is 14.3. The Bertz CT molecular complexity index is 454. The lowest BCUT2D eigenvalue weighted by Gasteiger charge is -2.61. The molecule has 1 aromatic heterocycles. The molecule has 0 saturated carbocycles. The highest BCUT2D eigenvalue weighted by Gasteiger charge is 2.53. The van der Waals surface area contributed by atoms with Crippen LogP contribution in [0.5, 0.6) is 0 Å². The van der Waals surface area contributed by atoms with E-state index in [1.54, 1.807) is 0 Å². The van der Waals surface area contributed by atoms with Gasteiger partial charge in [-0.2, -0.15) is 0 Å². The van der Waals surface area contributed by atoms with Gasteiger partial charge >= 0.3 is 0 Å². The number of rotatable bonds is 4. The van der Waals surface area contributed by atoms with E-state index in [4.69, 9.17) is 0 Å². The third-order valence-corrected chi connectivity index (χ3v) is 4.95. The largest absolute Gasteiger partial charge is 0.339 e. The van der Waals surface area contributed by atoms with Crippen LogP contribution in [0.2, 0.25) is 0 Å². The highest BCUT2D eigenvalue weighted by atomic mass is 15.4. The van der Waals surface area contributed by atoms with Gasteiger partial charge < -0.3 is 4.90 Å². The summed E-state index contributed by atoms with van der Waals surface area (Å²) in [5.41, 5.74) is 1.75. The summed E-state index contributed by atoms with van der Waals surface area (Å²) in [6, 6.07) is 0.733. The van der Waals surface area contributed by atoms with Crippen LogP contribution in [0.15, 0.2) is 12.4 Å². The average Bonchev–Trinajstić information content (AvgIpc) is 2.35. The Kier molecular flexibility index (Phi) is 3.44. The lowest BCUT2D eigenvalue weighted by atomic mass is 9.72. The number of aromatic nitrogens is 2. The van der Waals surface area contributed by atoms with Crippen molar-refractivity contribution in [1.82, 2.24) is 14.9 Å². The van der Waals surface area contributed by atoms with E-state index in [9.17, 15) is 0 Å². The first-order valence-electron chi connectivity index (χ1n) is 7.84. The maximum Gasteiger partial charge on any atom is 0.225 e. The monoisotopic (exact) mass is 274 g/mol. The molecule has 4 nitrogen and oxygen atoms in total. The normalized spacial score (nSPS) is 22.8. The molecule has 0 aliphatic carbocycles. The quantitative estimate of drug-likeness (QED) is 0.844. The molecular weight excluding hydrogens is 248 g/mol. The van der Waals surface area contributed by atoms with Crippen molar-refractivity contribution in [2.75, 3.05) is 31.1 Å². The molecule has 2 fully saturated rings. The molecule has 3 heterocycles. The minimum Gasteiger partial charge on any atom is -0.339 e. The summed E-state index contributed by atoms with van der Waals surface area (Å²) < 4.78 is 0. The van der Waals surface area contributed by atoms with E-state index >= 15 is 0 Å². The van der Waals surface area contributed by atoms with E-state index in [-0.39, 0.29) is 0 Å². The van der Waals surface area contributed by atoms with Crippen molar-refractivity contribution in [2.45, 2.75) is 46.1 Å². The summed E-state index contributed by atoms with van der Waals surface area (Å²) in [5.74, 6) is 1.41. The first kappa shape index (κ1) is 13.8. The minimum absolute atomic E-state index is 0.502.